The summed E-state index contributed by atoms with van der Waals surface area (Å²) < 4.78 is 4.76. The van der Waals surface area contributed by atoms with Crippen molar-refractivity contribution < 1.29 is 9.53 Å². The summed E-state index contributed by atoms with van der Waals surface area (Å²) in [5.41, 5.74) is 0.0474. The maximum absolute atomic E-state index is 11.8. The van der Waals surface area contributed by atoms with E-state index in [1.807, 2.05) is 7.05 Å². The first-order valence-electron chi connectivity index (χ1n) is 9.86. The van der Waals surface area contributed by atoms with Gasteiger partial charge < -0.3 is 10.1 Å². The number of benzene rings is 1. The Morgan fingerprint density at radius 2 is 1.87 bits per heavy atom. The van der Waals surface area contributed by atoms with Crippen LogP contribution in [0.1, 0.15) is 34.7 Å². The van der Waals surface area contributed by atoms with Crippen LogP contribution in [0, 0.1) is 56.7 Å². The van der Waals surface area contributed by atoms with Crippen LogP contribution in [0.2, 0.25) is 0 Å². The van der Waals surface area contributed by atoms with Crippen molar-refractivity contribution in [3.05, 3.63) is 47.0 Å². The molecule has 0 spiro atoms. The fourth-order valence-corrected chi connectivity index (χ4v) is 5.54. The van der Waals surface area contributed by atoms with E-state index in [9.17, 15) is 20.6 Å². The van der Waals surface area contributed by atoms with Gasteiger partial charge in [-0.2, -0.15) is 15.8 Å². The summed E-state index contributed by atoms with van der Waals surface area (Å²) in [6, 6.07) is 13.4. The minimum absolute atomic E-state index is 0.0882. The van der Waals surface area contributed by atoms with E-state index in [0.29, 0.717) is 11.1 Å². The van der Waals surface area contributed by atoms with Gasteiger partial charge in [0, 0.05) is 23.9 Å². The van der Waals surface area contributed by atoms with Gasteiger partial charge in [-0.25, -0.2) is 4.79 Å². The van der Waals surface area contributed by atoms with E-state index in [1.165, 1.54) is 7.11 Å². The van der Waals surface area contributed by atoms with Crippen LogP contribution in [0.3, 0.4) is 0 Å². The number of rotatable bonds is 2. The van der Waals surface area contributed by atoms with Gasteiger partial charge in [0.25, 0.3) is 0 Å². The molecule has 0 aromatic heterocycles. The predicted octanol–water partition coefficient (Wildman–Crippen LogP) is 2.78. The fraction of sp³-hybridized carbons (Fsp3) is 0.435. The van der Waals surface area contributed by atoms with Crippen LogP contribution in [-0.4, -0.2) is 42.8 Å². The molecule has 0 amide bonds. The number of methoxy groups -OCH3 is 1. The monoisotopic (exact) mass is 399 g/mol. The first kappa shape index (κ1) is 19.8. The second-order valence-electron chi connectivity index (χ2n) is 8.17. The lowest BCUT2D eigenvalue weighted by Gasteiger charge is -2.50. The van der Waals surface area contributed by atoms with Crippen molar-refractivity contribution in [1.82, 2.24) is 4.90 Å². The second kappa shape index (κ2) is 7.10. The van der Waals surface area contributed by atoms with E-state index in [-0.39, 0.29) is 23.7 Å². The summed E-state index contributed by atoms with van der Waals surface area (Å²) in [6.45, 7) is 0. The Bertz CT molecular complexity index is 1050. The molecule has 2 heterocycles. The Morgan fingerprint density at radius 1 is 1.20 bits per heavy atom. The first-order valence-corrected chi connectivity index (χ1v) is 9.86. The minimum atomic E-state index is -1.74. The van der Waals surface area contributed by atoms with Crippen LogP contribution >= 0.6 is 0 Å². The molecule has 1 aromatic carbocycles. The van der Waals surface area contributed by atoms with E-state index in [0.717, 1.165) is 18.4 Å². The normalized spacial score (nSPS) is 31.5. The van der Waals surface area contributed by atoms with Gasteiger partial charge in [0.2, 0.25) is 0 Å². The van der Waals surface area contributed by atoms with Crippen LogP contribution in [0.25, 0.3) is 0 Å². The highest BCUT2D eigenvalue weighted by atomic mass is 16.5. The highest BCUT2D eigenvalue weighted by Gasteiger charge is 2.61. The Kier molecular flexibility index (Phi) is 4.69. The number of hydrogen-bond acceptors (Lipinski definition) is 7. The van der Waals surface area contributed by atoms with Gasteiger partial charge in [-0.3, -0.25) is 4.90 Å². The Hall–Kier alpha value is -3.47. The average Bonchev–Trinajstić information content (AvgIpc) is 3.01. The van der Waals surface area contributed by atoms with Gasteiger partial charge >= 0.3 is 5.97 Å². The number of nitriles is 3. The molecule has 3 aliphatic rings. The molecule has 2 fully saturated rings. The number of esters is 1. The number of hydrogen-bond donors (Lipinski definition) is 1. The van der Waals surface area contributed by atoms with Gasteiger partial charge in [-0.15, -0.1) is 0 Å². The standard InChI is InChI=1S/C23H21N5O2/c1-28-15-7-8-18(28)19-16(9-15)17(10-24)21(27)23(11-25,12-26)20(19)13-3-5-14(6-4-13)22(29)30-2/h3-6,9,15,17-20,27H,7-8H2,1-2H3/t15-,17?,18+,19-,20-/m1/s1. The highest BCUT2D eigenvalue weighted by molar-refractivity contribution is 6.01. The van der Waals surface area contributed by atoms with Crippen molar-refractivity contribution in [3.63, 3.8) is 0 Å². The zero-order valence-electron chi connectivity index (χ0n) is 16.8. The summed E-state index contributed by atoms with van der Waals surface area (Å²) in [5.74, 6) is -2.16. The van der Waals surface area contributed by atoms with Crippen molar-refractivity contribution >= 4 is 11.7 Å². The van der Waals surface area contributed by atoms with Crippen LogP contribution in [-0.2, 0) is 4.74 Å². The Balaban J connectivity index is 1.92. The molecule has 2 bridgehead atoms. The molecule has 2 aliphatic heterocycles. The quantitative estimate of drug-likeness (QED) is 0.602. The summed E-state index contributed by atoms with van der Waals surface area (Å²) in [4.78, 5) is 14.1. The van der Waals surface area contributed by atoms with Crippen LogP contribution in [0.4, 0.5) is 0 Å². The first-order chi connectivity index (χ1) is 14.4. The van der Waals surface area contributed by atoms with E-state index in [2.05, 4.69) is 29.2 Å². The van der Waals surface area contributed by atoms with Crippen LogP contribution < -0.4 is 0 Å². The van der Waals surface area contributed by atoms with Crippen LogP contribution in [0.5, 0.6) is 0 Å². The smallest absolute Gasteiger partial charge is 0.337 e. The molecule has 150 valence electrons. The zero-order valence-corrected chi connectivity index (χ0v) is 16.8. The topological polar surface area (TPSA) is 125 Å². The summed E-state index contributed by atoms with van der Waals surface area (Å²) in [7, 11) is 3.34. The molecule has 7 heteroatoms. The fourth-order valence-electron chi connectivity index (χ4n) is 5.54. The lowest BCUT2D eigenvalue weighted by molar-refractivity contribution is 0.0600. The predicted molar refractivity (Wildman–Crippen MR) is 107 cm³/mol. The van der Waals surface area contributed by atoms with Crippen molar-refractivity contribution in [3.8, 4) is 18.2 Å². The molecule has 1 aliphatic carbocycles. The minimum Gasteiger partial charge on any atom is -0.465 e. The molecule has 1 saturated heterocycles. The summed E-state index contributed by atoms with van der Waals surface area (Å²) >= 11 is 0. The molecular weight excluding hydrogens is 378 g/mol. The number of fused-ring (bicyclic) bond motifs is 4. The zero-order chi connectivity index (χ0) is 21.6. The molecule has 5 atom stereocenters. The molecule has 1 aromatic rings. The van der Waals surface area contributed by atoms with E-state index < -0.39 is 23.2 Å². The average molecular weight is 399 g/mol. The van der Waals surface area contributed by atoms with Crippen molar-refractivity contribution in [2.75, 3.05) is 14.2 Å². The van der Waals surface area contributed by atoms with Crippen molar-refractivity contribution in [2.24, 2.45) is 17.3 Å². The van der Waals surface area contributed by atoms with E-state index in [1.54, 1.807) is 24.3 Å². The number of carbonyl (C=O) groups is 1. The molecule has 1 saturated carbocycles. The number of ether oxygens (including phenoxy) is 1. The van der Waals surface area contributed by atoms with Gasteiger partial charge in [-0.1, -0.05) is 18.2 Å². The number of likely N-dealkylation sites (N-methyl/N-ethyl adjacent to an activating group) is 1. The maximum atomic E-state index is 11.8. The third kappa shape index (κ3) is 2.51. The SMILES string of the molecule is COC(=O)c1ccc([C@@H]2[C@@H]3C(=C[C@H]4CC[C@@H]3N4C)C(C#N)C(=N)C2(C#N)C#N)cc1. The number of nitrogens with zero attached hydrogens (tertiary/aromatic N) is 4. The molecule has 0 radical (unpaired) electrons. The third-order valence-corrected chi connectivity index (χ3v) is 7.03. The van der Waals surface area contributed by atoms with E-state index in [4.69, 9.17) is 10.1 Å². The largest absolute Gasteiger partial charge is 0.465 e. The van der Waals surface area contributed by atoms with Gasteiger partial charge in [0.1, 0.15) is 5.92 Å². The van der Waals surface area contributed by atoms with Gasteiger partial charge in [0.05, 0.1) is 36.6 Å². The third-order valence-electron chi connectivity index (χ3n) is 7.03. The molecule has 30 heavy (non-hydrogen) atoms. The molecule has 1 unspecified atom stereocenters. The van der Waals surface area contributed by atoms with Crippen molar-refractivity contribution in [2.45, 2.75) is 30.8 Å². The molecule has 1 N–H and O–H groups in total. The molecular formula is C23H21N5O2. The molecule has 4 rings (SSSR count). The Morgan fingerprint density at radius 3 is 2.43 bits per heavy atom. The van der Waals surface area contributed by atoms with Crippen molar-refractivity contribution in [1.29, 1.82) is 21.2 Å². The summed E-state index contributed by atoms with van der Waals surface area (Å²) in [6.07, 6.45) is 3.93. The van der Waals surface area contributed by atoms with Crippen LogP contribution in [0.15, 0.2) is 35.9 Å². The second-order valence-corrected chi connectivity index (χ2v) is 8.17. The van der Waals surface area contributed by atoms with E-state index >= 15 is 0 Å². The van der Waals surface area contributed by atoms with Gasteiger partial charge in [0.15, 0.2) is 5.41 Å². The lowest BCUT2D eigenvalue weighted by atomic mass is 9.53. The lowest BCUT2D eigenvalue weighted by Crippen LogP contribution is -2.55. The highest BCUT2D eigenvalue weighted by Crippen LogP contribution is 2.57. The number of carbonyl (C=O) groups excluding carboxylic acids is 1. The Labute approximate surface area is 175 Å². The molecule has 7 nitrogen and oxygen atoms in total. The number of nitrogens with one attached hydrogen (secondary N) is 1. The maximum Gasteiger partial charge on any atom is 0.337 e. The van der Waals surface area contributed by atoms with Gasteiger partial charge in [-0.05, 0) is 43.2 Å². The summed E-state index contributed by atoms with van der Waals surface area (Å²) in [5, 5.41) is 38.8.